The molecule has 1 aliphatic rings. The molecule has 1 amide bonds. The molecule has 1 unspecified atom stereocenters. The molecule has 1 N–H and O–H groups in total. The molecule has 1 fully saturated rings. The van der Waals surface area contributed by atoms with Gasteiger partial charge in [0.05, 0.1) is 21.7 Å². The number of rotatable bonds is 4. The molecule has 0 saturated carbocycles. The largest absolute Gasteiger partial charge is 0.507 e. The Kier molecular flexibility index (Phi) is 5.57. The minimum atomic E-state index is -0.812. The molecule has 1 aliphatic heterocycles. The molecular formula is C23H16Cl2N2O3. The van der Waals surface area contributed by atoms with Crippen LogP contribution in [-0.2, 0) is 16.1 Å². The van der Waals surface area contributed by atoms with Crippen LogP contribution in [0.2, 0.25) is 10.0 Å². The molecule has 0 bridgehead atoms. The summed E-state index contributed by atoms with van der Waals surface area (Å²) in [5, 5.41) is 11.6. The Bertz CT molecular complexity index is 1150. The number of likely N-dealkylation sites (tertiary alicyclic amines) is 1. The van der Waals surface area contributed by atoms with Crippen LogP contribution < -0.4 is 0 Å². The Morgan fingerprint density at radius 2 is 1.67 bits per heavy atom. The number of carbonyl (C=O) groups excluding carboxylic acids is 2. The van der Waals surface area contributed by atoms with Crippen LogP contribution in [0.4, 0.5) is 0 Å². The van der Waals surface area contributed by atoms with E-state index in [4.69, 9.17) is 23.2 Å². The molecule has 2 aromatic carbocycles. The Morgan fingerprint density at radius 3 is 2.33 bits per heavy atom. The van der Waals surface area contributed by atoms with E-state index in [-0.39, 0.29) is 17.9 Å². The number of aliphatic hydroxyl groups is 1. The number of ketones is 1. The van der Waals surface area contributed by atoms with Crippen molar-refractivity contribution in [1.29, 1.82) is 0 Å². The first-order chi connectivity index (χ1) is 14.5. The van der Waals surface area contributed by atoms with Gasteiger partial charge in [0.25, 0.3) is 11.7 Å². The van der Waals surface area contributed by atoms with Crippen LogP contribution in [0.1, 0.15) is 22.7 Å². The monoisotopic (exact) mass is 438 g/mol. The molecule has 0 radical (unpaired) electrons. The maximum atomic E-state index is 13.0. The number of hydrogen-bond donors (Lipinski definition) is 1. The second-order valence-corrected chi connectivity index (χ2v) is 7.64. The summed E-state index contributed by atoms with van der Waals surface area (Å²) in [6.07, 6.45) is 3.01. The fourth-order valence-electron chi connectivity index (χ4n) is 3.52. The van der Waals surface area contributed by atoms with Crippen molar-refractivity contribution in [1.82, 2.24) is 9.88 Å². The van der Waals surface area contributed by atoms with Gasteiger partial charge in [-0.15, -0.1) is 0 Å². The highest BCUT2D eigenvalue weighted by Crippen LogP contribution is 2.41. The van der Waals surface area contributed by atoms with Gasteiger partial charge in [0.15, 0.2) is 0 Å². The van der Waals surface area contributed by atoms with Crippen molar-refractivity contribution in [2.45, 2.75) is 12.6 Å². The molecule has 150 valence electrons. The molecule has 0 spiro atoms. The van der Waals surface area contributed by atoms with Crippen LogP contribution in [0.15, 0.2) is 78.6 Å². The summed E-state index contributed by atoms with van der Waals surface area (Å²) < 4.78 is 0. The minimum absolute atomic E-state index is 0.000482. The van der Waals surface area contributed by atoms with Gasteiger partial charge in [0.1, 0.15) is 5.76 Å². The molecule has 0 aliphatic carbocycles. The summed E-state index contributed by atoms with van der Waals surface area (Å²) in [6.45, 7) is 0.198. The first-order valence-electron chi connectivity index (χ1n) is 9.15. The summed E-state index contributed by atoms with van der Waals surface area (Å²) in [7, 11) is 0. The number of carbonyl (C=O) groups is 2. The fraction of sp³-hybridized carbons (Fsp3) is 0.0870. The van der Waals surface area contributed by atoms with Gasteiger partial charge in [-0.3, -0.25) is 14.6 Å². The number of aromatic nitrogens is 1. The van der Waals surface area contributed by atoms with Crippen LogP contribution in [0.25, 0.3) is 5.76 Å². The third kappa shape index (κ3) is 3.70. The quantitative estimate of drug-likeness (QED) is 0.353. The van der Waals surface area contributed by atoms with Crippen LogP contribution in [-0.4, -0.2) is 26.7 Å². The van der Waals surface area contributed by atoms with Gasteiger partial charge in [-0.2, -0.15) is 0 Å². The number of benzene rings is 2. The molecule has 4 rings (SSSR count). The predicted octanol–water partition coefficient (Wildman–Crippen LogP) is 5.01. The highest BCUT2D eigenvalue weighted by Gasteiger charge is 2.46. The Hall–Kier alpha value is -3.15. The molecule has 1 atom stereocenters. The Balaban J connectivity index is 1.88. The van der Waals surface area contributed by atoms with Crippen LogP contribution in [0.5, 0.6) is 0 Å². The number of amides is 1. The van der Waals surface area contributed by atoms with Gasteiger partial charge in [0, 0.05) is 24.5 Å². The van der Waals surface area contributed by atoms with Gasteiger partial charge in [-0.05, 0) is 35.4 Å². The number of nitrogens with zero attached hydrogens (tertiary/aromatic N) is 2. The fourth-order valence-corrected chi connectivity index (χ4v) is 3.82. The lowest BCUT2D eigenvalue weighted by atomic mass is 9.95. The molecule has 30 heavy (non-hydrogen) atoms. The summed E-state index contributed by atoms with van der Waals surface area (Å²) in [6, 6.07) is 16.6. The molecule has 3 aromatic rings. The normalized spacial score (nSPS) is 18.1. The number of aliphatic hydroxyl groups excluding tert-OH is 1. The van der Waals surface area contributed by atoms with Crippen molar-refractivity contribution in [3.63, 3.8) is 0 Å². The zero-order chi connectivity index (χ0) is 21.3. The van der Waals surface area contributed by atoms with Gasteiger partial charge >= 0.3 is 0 Å². The Labute approximate surface area is 183 Å². The maximum Gasteiger partial charge on any atom is 0.295 e. The van der Waals surface area contributed by atoms with Gasteiger partial charge in [0.2, 0.25) is 0 Å². The molecular weight excluding hydrogens is 423 g/mol. The van der Waals surface area contributed by atoms with E-state index >= 15 is 0 Å². The van der Waals surface area contributed by atoms with Crippen molar-refractivity contribution in [3.8, 4) is 0 Å². The second-order valence-electron chi connectivity index (χ2n) is 6.82. The summed E-state index contributed by atoms with van der Waals surface area (Å²) >= 11 is 12.3. The zero-order valence-corrected chi connectivity index (χ0v) is 17.1. The topological polar surface area (TPSA) is 70.5 Å². The van der Waals surface area contributed by atoms with E-state index in [9.17, 15) is 14.7 Å². The van der Waals surface area contributed by atoms with E-state index in [1.165, 1.54) is 17.3 Å². The number of hydrogen-bond acceptors (Lipinski definition) is 4. The van der Waals surface area contributed by atoms with E-state index in [1.54, 1.807) is 30.3 Å². The lowest BCUT2D eigenvalue weighted by molar-refractivity contribution is -0.140. The predicted molar refractivity (Wildman–Crippen MR) is 115 cm³/mol. The summed E-state index contributed by atoms with van der Waals surface area (Å²) in [5.41, 5.74) is 1.83. The molecule has 7 heteroatoms. The lowest BCUT2D eigenvalue weighted by Gasteiger charge is -2.25. The molecule has 1 saturated heterocycles. The van der Waals surface area contributed by atoms with Crippen molar-refractivity contribution in [3.05, 3.63) is 105 Å². The van der Waals surface area contributed by atoms with Gasteiger partial charge < -0.3 is 10.0 Å². The van der Waals surface area contributed by atoms with E-state index < -0.39 is 17.7 Å². The maximum absolute atomic E-state index is 13.0. The van der Waals surface area contributed by atoms with E-state index in [1.807, 2.05) is 30.3 Å². The van der Waals surface area contributed by atoms with Crippen molar-refractivity contribution < 1.29 is 14.7 Å². The molecule has 1 aromatic heterocycles. The zero-order valence-electron chi connectivity index (χ0n) is 15.6. The lowest BCUT2D eigenvalue weighted by Crippen LogP contribution is -2.29. The first-order valence-corrected chi connectivity index (χ1v) is 9.90. The number of Topliss-reactive ketones (excluding diaryl/α,β-unsaturated/α-hetero) is 1. The second kappa shape index (κ2) is 8.30. The minimum Gasteiger partial charge on any atom is -0.507 e. The number of pyridine rings is 1. The van der Waals surface area contributed by atoms with Crippen LogP contribution in [0.3, 0.4) is 0 Å². The van der Waals surface area contributed by atoms with Crippen molar-refractivity contribution >= 4 is 40.7 Å². The average molecular weight is 439 g/mol. The first kappa shape index (κ1) is 20.1. The van der Waals surface area contributed by atoms with E-state index in [0.717, 1.165) is 5.56 Å². The van der Waals surface area contributed by atoms with E-state index in [2.05, 4.69) is 4.98 Å². The van der Waals surface area contributed by atoms with Crippen molar-refractivity contribution in [2.24, 2.45) is 0 Å². The Morgan fingerprint density at radius 1 is 0.967 bits per heavy atom. The third-order valence-corrected chi connectivity index (χ3v) is 5.69. The molecule has 5 nitrogen and oxygen atoms in total. The highest BCUT2D eigenvalue weighted by atomic mass is 35.5. The van der Waals surface area contributed by atoms with Gasteiger partial charge in [-0.25, -0.2) is 0 Å². The van der Waals surface area contributed by atoms with Crippen LogP contribution >= 0.6 is 23.2 Å². The smallest absolute Gasteiger partial charge is 0.295 e. The van der Waals surface area contributed by atoms with Crippen LogP contribution in [0, 0.1) is 0 Å². The third-order valence-electron chi connectivity index (χ3n) is 4.95. The standard InChI is InChI=1S/C23H16Cl2N2O3/c24-17-7-6-16(12-18(17)25)20-19(21(28)15-8-10-26-11-9-15)22(29)23(30)27(20)13-14-4-2-1-3-5-14/h1-12,20,28H,13H2. The summed E-state index contributed by atoms with van der Waals surface area (Å²) in [5.74, 6) is -1.70. The molecule has 2 heterocycles. The highest BCUT2D eigenvalue weighted by molar-refractivity contribution is 6.46. The average Bonchev–Trinajstić information content (AvgIpc) is 3.01. The van der Waals surface area contributed by atoms with Crippen molar-refractivity contribution in [2.75, 3.05) is 0 Å². The van der Waals surface area contributed by atoms with E-state index in [0.29, 0.717) is 21.2 Å². The summed E-state index contributed by atoms with van der Waals surface area (Å²) in [4.78, 5) is 31.3. The number of halogens is 2. The van der Waals surface area contributed by atoms with Gasteiger partial charge in [-0.1, -0.05) is 59.6 Å². The SMILES string of the molecule is O=C1C(=O)N(Cc2ccccc2)C(c2ccc(Cl)c(Cl)c2)C1=C(O)c1ccncc1.